The summed E-state index contributed by atoms with van der Waals surface area (Å²) in [5, 5.41) is 10.4. The van der Waals surface area contributed by atoms with Gasteiger partial charge in [-0.2, -0.15) is 0 Å². The van der Waals surface area contributed by atoms with Gasteiger partial charge in [-0.05, 0) is 38.0 Å². The number of aliphatic hydroxyl groups excluding tert-OH is 1. The van der Waals surface area contributed by atoms with Crippen molar-refractivity contribution < 1.29 is 9.84 Å². The van der Waals surface area contributed by atoms with Crippen LogP contribution in [0.4, 0.5) is 0 Å². The van der Waals surface area contributed by atoms with E-state index in [4.69, 9.17) is 4.74 Å². The van der Waals surface area contributed by atoms with E-state index < -0.39 is 0 Å². The van der Waals surface area contributed by atoms with Crippen LogP contribution in [-0.2, 0) is 4.74 Å². The van der Waals surface area contributed by atoms with Crippen molar-refractivity contribution in [1.82, 2.24) is 0 Å². The highest BCUT2D eigenvalue weighted by Crippen LogP contribution is 2.32. The standard InChI is InChI=1S/C14H28O2/c1-4-6-13(16-5-2)14(15)12-9-7-11(3)8-10-12/h11-15H,4-10H2,1-3H3. The van der Waals surface area contributed by atoms with Crippen LogP contribution in [0, 0.1) is 11.8 Å². The minimum atomic E-state index is -0.243. The van der Waals surface area contributed by atoms with Gasteiger partial charge in [0.05, 0.1) is 12.2 Å². The molecule has 0 heterocycles. The highest BCUT2D eigenvalue weighted by Gasteiger charge is 2.30. The second-order valence-electron chi connectivity index (χ2n) is 5.29. The predicted octanol–water partition coefficient (Wildman–Crippen LogP) is 3.38. The summed E-state index contributed by atoms with van der Waals surface area (Å²) in [6.45, 7) is 7.19. The molecule has 96 valence electrons. The normalized spacial score (nSPS) is 30.0. The lowest BCUT2D eigenvalue weighted by Gasteiger charge is -2.34. The Labute approximate surface area is 100 Å². The van der Waals surface area contributed by atoms with Gasteiger partial charge < -0.3 is 9.84 Å². The molecule has 0 radical (unpaired) electrons. The second kappa shape index (κ2) is 7.29. The van der Waals surface area contributed by atoms with E-state index in [-0.39, 0.29) is 12.2 Å². The highest BCUT2D eigenvalue weighted by molar-refractivity contribution is 4.81. The predicted molar refractivity (Wildman–Crippen MR) is 67.5 cm³/mol. The van der Waals surface area contributed by atoms with E-state index in [1.807, 2.05) is 6.92 Å². The zero-order valence-electron chi connectivity index (χ0n) is 11.1. The van der Waals surface area contributed by atoms with Crippen molar-refractivity contribution in [3.05, 3.63) is 0 Å². The van der Waals surface area contributed by atoms with Gasteiger partial charge in [-0.3, -0.25) is 0 Å². The van der Waals surface area contributed by atoms with Crippen molar-refractivity contribution >= 4 is 0 Å². The number of rotatable bonds is 6. The molecule has 2 heteroatoms. The molecule has 1 saturated carbocycles. The lowest BCUT2D eigenvalue weighted by molar-refractivity contribution is -0.0703. The fraction of sp³-hybridized carbons (Fsp3) is 1.00. The molecule has 0 bridgehead atoms. The van der Waals surface area contributed by atoms with E-state index in [0.717, 1.165) is 18.8 Å². The lowest BCUT2D eigenvalue weighted by Crippen LogP contribution is -2.37. The van der Waals surface area contributed by atoms with Gasteiger partial charge in [0.2, 0.25) is 0 Å². The Morgan fingerprint density at radius 3 is 2.31 bits per heavy atom. The van der Waals surface area contributed by atoms with E-state index in [2.05, 4.69) is 13.8 Å². The summed E-state index contributed by atoms with van der Waals surface area (Å²) < 4.78 is 5.67. The van der Waals surface area contributed by atoms with Gasteiger partial charge in [0.25, 0.3) is 0 Å². The molecular formula is C14H28O2. The Morgan fingerprint density at radius 1 is 1.19 bits per heavy atom. The summed E-state index contributed by atoms with van der Waals surface area (Å²) in [4.78, 5) is 0. The van der Waals surface area contributed by atoms with Crippen LogP contribution in [0.3, 0.4) is 0 Å². The summed E-state index contributed by atoms with van der Waals surface area (Å²) in [7, 11) is 0. The molecule has 2 unspecified atom stereocenters. The molecule has 0 aromatic heterocycles. The first-order valence-electron chi connectivity index (χ1n) is 6.98. The zero-order valence-corrected chi connectivity index (χ0v) is 11.1. The van der Waals surface area contributed by atoms with E-state index in [1.165, 1.54) is 25.7 Å². The van der Waals surface area contributed by atoms with Crippen molar-refractivity contribution in [1.29, 1.82) is 0 Å². The van der Waals surface area contributed by atoms with Crippen LogP contribution in [0.1, 0.15) is 59.3 Å². The van der Waals surface area contributed by atoms with Crippen LogP contribution >= 0.6 is 0 Å². The molecule has 0 aliphatic heterocycles. The van der Waals surface area contributed by atoms with Crippen molar-refractivity contribution in [3.63, 3.8) is 0 Å². The molecule has 1 aliphatic rings. The fourth-order valence-electron chi connectivity index (χ4n) is 2.78. The van der Waals surface area contributed by atoms with Gasteiger partial charge in [0.15, 0.2) is 0 Å². The van der Waals surface area contributed by atoms with Gasteiger partial charge in [0, 0.05) is 6.61 Å². The Bertz CT molecular complexity index is 168. The summed E-state index contributed by atoms with van der Waals surface area (Å²) >= 11 is 0. The van der Waals surface area contributed by atoms with Crippen molar-refractivity contribution in [2.75, 3.05) is 6.61 Å². The largest absolute Gasteiger partial charge is 0.390 e. The van der Waals surface area contributed by atoms with Crippen molar-refractivity contribution in [2.45, 2.75) is 71.5 Å². The molecule has 0 saturated heterocycles. The molecule has 0 amide bonds. The van der Waals surface area contributed by atoms with Gasteiger partial charge in [-0.25, -0.2) is 0 Å². The molecule has 0 aromatic carbocycles. The van der Waals surface area contributed by atoms with Crippen LogP contribution < -0.4 is 0 Å². The van der Waals surface area contributed by atoms with Crippen LogP contribution in [-0.4, -0.2) is 23.9 Å². The molecule has 1 rings (SSSR count). The van der Waals surface area contributed by atoms with Gasteiger partial charge >= 0.3 is 0 Å². The van der Waals surface area contributed by atoms with Crippen LogP contribution in [0.25, 0.3) is 0 Å². The summed E-state index contributed by atoms with van der Waals surface area (Å²) in [5.74, 6) is 1.32. The van der Waals surface area contributed by atoms with Gasteiger partial charge in [-0.15, -0.1) is 0 Å². The lowest BCUT2D eigenvalue weighted by atomic mass is 9.78. The molecule has 2 atom stereocenters. The van der Waals surface area contributed by atoms with Gasteiger partial charge in [-0.1, -0.05) is 33.1 Å². The molecule has 0 spiro atoms. The molecule has 1 N–H and O–H groups in total. The molecule has 16 heavy (non-hydrogen) atoms. The minimum Gasteiger partial charge on any atom is -0.390 e. The Hall–Kier alpha value is -0.0800. The summed E-state index contributed by atoms with van der Waals surface area (Å²) in [5.41, 5.74) is 0. The van der Waals surface area contributed by atoms with E-state index in [9.17, 15) is 5.11 Å². The number of hydrogen-bond acceptors (Lipinski definition) is 2. The average molecular weight is 228 g/mol. The topological polar surface area (TPSA) is 29.5 Å². The van der Waals surface area contributed by atoms with Crippen LogP contribution in [0.5, 0.6) is 0 Å². The first-order chi connectivity index (χ1) is 7.69. The van der Waals surface area contributed by atoms with Gasteiger partial charge in [0.1, 0.15) is 0 Å². The molecule has 0 aromatic rings. The number of aliphatic hydroxyl groups is 1. The van der Waals surface area contributed by atoms with E-state index in [0.29, 0.717) is 12.5 Å². The maximum Gasteiger partial charge on any atom is 0.0836 e. The number of hydrogen-bond donors (Lipinski definition) is 1. The fourth-order valence-corrected chi connectivity index (χ4v) is 2.78. The van der Waals surface area contributed by atoms with Crippen LogP contribution in [0.2, 0.25) is 0 Å². The van der Waals surface area contributed by atoms with E-state index >= 15 is 0 Å². The highest BCUT2D eigenvalue weighted by atomic mass is 16.5. The molecular weight excluding hydrogens is 200 g/mol. The summed E-state index contributed by atoms with van der Waals surface area (Å²) in [6.07, 6.45) is 6.79. The van der Waals surface area contributed by atoms with Crippen molar-refractivity contribution in [3.8, 4) is 0 Å². The van der Waals surface area contributed by atoms with E-state index in [1.54, 1.807) is 0 Å². The van der Waals surface area contributed by atoms with Crippen molar-refractivity contribution in [2.24, 2.45) is 11.8 Å². The average Bonchev–Trinajstić information content (AvgIpc) is 2.29. The Morgan fingerprint density at radius 2 is 1.81 bits per heavy atom. The quantitative estimate of drug-likeness (QED) is 0.755. The maximum absolute atomic E-state index is 10.4. The number of ether oxygens (including phenoxy) is 1. The first kappa shape index (κ1) is 14.0. The molecule has 1 aliphatic carbocycles. The third kappa shape index (κ3) is 4.06. The Balaban J connectivity index is 2.42. The molecule has 2 nitrogen and oxygen atoms in total. The molecule has 1 fully saturated rings. The zero-order chi connectivity index (χ0) is 12.0. The SMILES string of the molecule is CCCC(OCC)C(O)C1CCC(C)CC1. The third-order valence-corrected chi connectivity index (χ3v) is 3.88. The second-order valence-corrected chi connectivity index (χ2v) is 5.29. The summed E-state index contributed by atoms with van der Waals surface area (Å²) in [6, 6.07) is 0. The maximum atomic E-state index is 10.4. The minimum absolute atomic E-state index is 0.0633. The van der Waals surface area contributed by atoms with Crippen LogP contribution in [0.15, 0.2) is 0 Å². The monoisotopic (exact) mass is 228 g/mol. The third-order valence-electron chi connectivity index (χ3n) is 3.88. The smallest absolute Gasteiger partial charge is 0.0836 e. The Kier molecular flexibility index (Phi) is 6.37. The first-order valence-corrected chi connectivity index (χ1v) is 6.98.